The second-order valence-electron chi connectivity index (χ2n) is 4.94. The van der Waals surface area contributed by atoms with Gasteiger partial charge in [0.15, 0.2) is 0 Å². The van der Waals surface area contributed by atoms with Gasteiger partial charge >= 0.3 is 6.18 Å². The lowest BCUT2D eigenvalue weighted by atomic mass is 10.0. The highest BCUT2D eigenvalue weighted by Crippen LogP contribution is 2.29. The van der Waals surface area contributed by atoms with E-state index < -0.39 is 11.7 Å². The minimum Gasteiger partial charge on any atom is -0.352 e. The normalized spacial score (nSPS) is 18.2. The number of alkyl halides is 3. The molecule has 1 amide bonds. The molecule has 0 radical (unpaired) electrons. The van der Waals surface area contributed by atoms with Crippen molar-refractivity contribution in [3.05, 3.63) is 47.5 Å². The first kappa shape index (κ1) is 14.6. The molecular formula is C15H16F3NO. The highest BCUT2D eigenvalue weighted by molar-refractivity contribution is 5.76. The Labute approximate surface area is 115 Å². The van der Waals surface area contributed by atoms with Crippen molar-refractivity contribution in [1.29, 1.82) is 0 Å². The molecule has 108 valence electrons. The summed E-state index contributed by atoms with van der Waals surface area (Å²) in [5.74, 6) is 0.226. The molecule has 0 spiro atoms. The van der Waals surface area contributed by atoms with Gasteiger partial charge in [-0.2, -0.15) is 13.2 Å². The Morgan fingerprint density at radius 2 is 1.95 bits per heavy atom. The molecule has 2 nitrogen and oxygen atoms in total. The van der Waals surface area contributed by atoms with Gasteiger partial charge in [-0.1, -0.05) is 24.3 Å². The Morgan fingerprint density at radius 3 is 2.50 bits per heavy atom. The zero-order valence-corrected chi connectivity index (χ0v) is 10.9. The molecule has 1 N–H and O–H groups in total. The molecule has 1 aliphatic rings. The molecule has 0 saturated carbocycles. The van der Waals surface area contributed by atoms with Gasteiger partial charge in [0.1, 0.15) is 0 Å². The van der Waals surface area contributed by atoms with Crippen LogP contribution in [0.5, 0.6) is 0 Å². The third-order valence-electron chi connectivity index (χ3n) is 3.33. The minimum absolute atomic E-state index is 0.0681. The van der Waals surface area contributed by atoms with Crippen LogP contribution in [0.25, 0.3) is 0 Å². The van der Waals surface area contributed by atoms with E-state index in [1.165, 1.54) is 12.1 Å². The number of allylic oxidation sites excluding steroid dienone is 2. The Hall–Kier alpha value is -1.78. The lowest BCUT2D eigenvalue weighted by Crippen LogP contribution is -2.24. The summed E-state index contributed by atoms with van der Waals surface area (Å²) in [4.78, 5) is 11.7. The van der Waals surface area contributed by atoms with Crippen LogP contribution in [0, 0.1) is 5.92 Å². The summed E-state index contributed by atoms with van der Waals surface area (Å²) in [5.41, 5.74) is -0.0167. The summed E-state index contributed by atoms with van der Waals surface area (Å²) in [6, 6.07) is 4.83. The van der Waals surface area contributed by atoms with Crippen molar-refractivity contribution < 1.29 is 18.0 Å². The minimum atomic E-state index is -4.32. The van der Waals surface area contributed by atoms with E-state index in [1.54, 1.807) is 0 Å². The van der Waals surface area contributed by atoms with Crippen molar-refractivity contribution in [2.75, 3.05) is 0 Å². The highest BCUT2D eigenvalue weighted by Gasteiger charge is 2.29. The van der Waals surface area contributed by atoms with Crippen LogP contribution < -0.4 is 5.32 Å². The van der Waals surface area contributed by atoms with Gasteiger partial charge in [-0.15, -0.1) is 0 Å². The number of hydrogen-bond donors (Lipinski definition) is 1. The van der Waals surface area contributed by atoms with Gasteiger partial charge in [-0.05, 0) is 36.5 Å². The summed E-state index contributed by atoms with van der Waals surface area (Å²) in [6.45, 7) is 0.257. The predicted octanol–water partition coefficient (Wildman–Crippen LogP) is 3.68. The summed E-state index contributed by atoms with van der Waals surface area (Å²) in [6.07, 6.45) is 2.23. The van der Waals surface area contributed by atoms with Crippen molar-refractivity contribution in [2.24, 2.45) is 5.92 Å². The molecule has 1 aliphatic carbocycles. The van der Waals surface area contributed by atoms with E-state index in [2.05, 4.69) is 11.4 Å². The van der Waals surface area contributed by atoms with Crippen LogP contribution in [0.1, 0.15) is 30.4 Å². The van der Waals surface area contributed by atoms with Crippen molar-refractivity contribution in [3.8, 4) is 0 Å². The first-order valence-corrected chi connectivity index (χ1v) is 6.54. The highest BCUT2D eigenvalue weighted by atomic mass is 19.4. The van der Waals surface area contributed by atoms with E-state index in [-0.39, 0.29) is 12.5 Å². The van der Waals surface area contributed by atoms with Gasteiger partial charge in [0.05, 0.1) is 5.56 Å². The largest absolute Gasteiger partial charge is 0.416 e. The van der Waals surface area contributed by atoms with Crippen LogP contribution >= 0.6 is 0 Å². The predicted molar refractivity (Wildman–Crippen MR) is 69.8 cm³/mol. The second kappa shape index (κ2) is 6.11. The van der Waals surface area contributed by atoms with Crippen LogP contribution in [0.2, 0.25) is 0 Å². The molecule has 0 aromatic heterocycles. The first-order chi connectivity index (χ1) is 9.45. The zero-order valence-electron chi connectivity index (χ0n) is 10.9. The van der Waals surface area contributed by atoms with E-state index in [9.17, 15) is 18.0 Å². The van der Waals surface area contributed by atoms with E-state index >= 15 is 0 Å². The van der Waals surface area contributed by atoms with Crippen molar-refractivity contribution in [2.45, 2.75) is 32.0 Å². The van der Waals surface area contributed by atoms with Crippen LogP contribution in [-0.4, -0.2) is 5.91 Å². The lowest BCUT2D eigenvalue weighted by Gasteiger charge is -2.10. The average Bonchev–Trinajstić information content (AvgIpc) is 2.88. The van der Waals surface area contributed by atoms with Gasteiger partial charge in [0.25, 0.3) is 0 Å². The molecule has 1 unspecified atom stereocenters. The fourth-order valence-electron chi connectivity index (χ4n) is 2.19. The first-order valence-electron chi connectivity index (χ1n) is 6.54. The second-order valence-corrected chi connectivity index (χ2v) is 4.94. The van der Waals surface area contributed by atoms with Crippen LogP contribution in [-0.2, 0) is 17.5 Å². The number of carbonyl (C=O) groups excluding carboxylic acids is 1. The standard InChI is InChI=1S/C15H16F3NO/c16-15(17,18)13-7-5-12(6-8-13)10-19-14(20)9-11-3-1-2-4-11/h1,3,5-8,11H,2,4,9-10H2,(H,19,20). The van der Waals surface area contributed by atoms with Crippen molar-refractivity contribution in [3.63, 3.8) is 0 Å². The van der Waals surface area contributed by atoms with Crippen molar-refractivity contribution in [1.82, 2.24) is 5.32 Å². The van der Waals surface area contributed by atoms with Gasteiger partial charge in [-0.25, -0.2) is 0 Å². The van der Waals surface area contributed by atoms with Gasteiger partial charge < -0.3 is 5.32 Å². The molecule has 2 rings (SSSR count). The van der Waals surface area contributed by atoms with Gasteiger partial charge in [0.2, 0.25) is 5.91 Å². The Balaban J connectivity index is 1.81. The number of halogens is 3. The van der Waals surface area contributed by atoms with Crippen LogP contribution in [0.3, 0.4) is 0 Å². The maximum atomic E-state index is 12.4. The molecule has 0 heterocycles. The van der Waals surface area contributed by atoms with E-state index in [0.29, 0.717) is 17.9 Å². The quantitative estimate of drug-likeness (QED) is 0.839. The van der Waals surface area contributed by atoms with E-state index in [0.717, 1.165) is 25.0 Å². The number of carbonyl (C=O) groups is 1. The number of hydrogen-bond acceptors (Lipinski definition) is 1. The molecule has 20 heavy (non-hydrogen) atoms. The third-order valence-corrected chi connectivity index (χ3v) is 3.33. The fraction of sp³-hybridized carbons (Fsp3) is 0.400. The van der Waals surface area contributed by atoms with E-state index in [1.807, 2.05) is 6.08 Å². The molecule has 5 heteroatoms. The smallest absolute Gasteiger partial charge is 0.352 e. The third kappa shape index (κ3) is 4.11. The Kier molecular flexibility index (Phi) is 4.47. The molecule has 0 bridgehead atoms. The summed E-state index contributed by atoms with van der Waals surface area (Å²) < 4.78 is 37.2. The molecular weight excluding hydrogens is 267 g/mol. The van der Waals surface area contributed by atoms with Gasteiger partial charge in [-0.3, -0.25) is 4.79 Å². The summed E-state index contributed by atoms with van der Waals surface area (Å²) >= 11 is 0. The van der Waals surface area contributed by atoms with Gasteiger partial charge in [0, 0.05) is 13.0 Å². The SMILES string of the molecule is O=C(CC1C=CCC1)NCc1ccc(C(F)(F)F)cc1. The number of nitrogens with one attached hydrogen (secondary N) is 1. The maximum Gasteiger partial charge on any atom is 0.416 e. The maximum absolute atomic E-state index is 12.4. The van der Waals surface area contributed by atoms with Crippen LogP contribution in [0.15, 0.2) is 36.4 Å². The van der Waals surface area contributed by atoms with Crippen LogP contribution in [0.4, 0.5) is 13.2 Å². The van der Waals surface area contributed by atoms with Crippen molar-refractivity contribution >= 4 is 5.91 Å². The fourth-order valence-corrected chi connectivity index (χ4v) is 2.19. The van der Waals surface area contributed by atoms with E-state index in [4.69, 9.17) is 0 Å². The molecule has 1 atom stereocenters. The number of amides is 1. The molecule has 0 fully saturated rings. The number of rotatable bonds is 4. The Bertz CT molecular complexity index is 491. The topological polar surface area (TPSA) is 29.1 Å². The molecule has 1 aromatic rings. The Morgan fingerprint density at radius 1 is 1.25 bits per heavy atom. The molecule has 0 saturated heterocycles. The zero-order chi connectivity index (χ0) is 14.6. The average molecular weight is 283 g/mol. The summed E-state index contributed by atoms with van der Waals surface area (Å²) in [7, 11) is 0. The summed E-state index contributed by atoms with van der Waals surface area (Å²) in [5, 5.41) is 2.73. The monoisotopic (exact) mass is 283 g/mol. The lowest BCUT2D eigenvalue weighted by molar-refractivity contribution is -0.137. The molecule has 1 aromatic carbocycles. The molecule has 0 aliphatic heterocycles. The number of benzene rings is 1.